The van der Waals surface area contributed by atoms with E-state index in [9.17, 15) is 5.11 Å². The minimum atomic E-state index is -0.385. The molecular weight excluding hydrogens is 390 g/mol. The van der Waals surface area contributed by atoms with Crippen LogP contribution < -0.4 is 0 Å². The predicted octanol–water partition coefficient (Wildman–Crippen LogP) is 7.28. The Labute approximate surface area is 195 Å². The zero-order valence-electron chi connectivity index (χ0n) is 20.2. The minimum absolute atomic E-state index is 0.385. The molecule has 1 atom stereocenters. The fourth-order valence-corrected chi connectivity index (χ4v) is 7.00. The summed E-state index contributed by atoms with van der Waals surface area (Å²) in [7, 11) is 0. The van der Waals surface area contributed by atoms with Gasteiger partial charge in [0.15, 0.2) is 0 Å². The molecule has 1 N–H and O–H groups in total. The van der Waals surface area contributed by atoms with Crippen molar-refractivity contribution in [2.45, 2.75) is 121 Å². The molecule has 3 aliphatic carbocycles. The van der Waals surface area contributed by atoms with Crippen LogP contribution in [0.4, 0.5) is 0 Å². The van der Waals surface area contributed by atoms with Crippen molar-refractivity contribution in [3.8, 4) is 0 Å². The molecule has 2 saturated carbocycles. The molecule has 0 saturated heterocycles. The normalized spacial score (nSPS) is 21.7. The van der Waals surface area contributed by atoms with Crippen molar-refractivity contribution in [1.82, 2.24) is 4.90 Å². The van der Waals surface area contributed by atoms with E-state index in [0.29, 0.717) is 12.1 Å². The van der Waals surface area contributed by atoms with Gasteiger partial charge in [-0.25, -0.2) is 0 Å². The lowest BCUT2D eigenvalue weighted by molar-refractivity contribution is 0.0287. The maximum Gasteiger partial charge on any atom is 0.0917 e. The van der Waals surface area contributed by atoms with Gasteiger partial charge in [0, 0.05) is 18.6 Å². The molecule has 2 heteroatoms. The average Bonchev–Trinajstić information content (AvgIpc) is 2.87. The highest BCUT2D eigenvalue weighted by Crippen LogP contribution is 2.35. The van der Waals surface area contributed by atoms with Crippen molar-refractivity contribution in [3.05, 3.63) is 46.5 Å². The molecule has 2 fully saturated rings. The molecule has 2 aromatic rings. The topological polar surface area (TPSA) is 23.5 Å². The highest BCUT2D eigenvalue weighted by Gasteiger charge is 2.30. The van der Waals surface area contributed by atoms with Gasteiger partial charge in [-0.2, -0.15) is 0 Å². The van der Waals surface area contributed by atoms with Gasteiger partial charge in [0.2, 0.25) is 0 Å². The summed E-state index contributed by atoms with van der Waals surface area (Å²) in [5.41, 5.74) is 5.75. The van der Waals surface area contributed by atoms with E-state index in [1.54, 1.807) is 11.1 Å². The highest BCUT2D eigenvalue weighted by atomic mass is 16.3. The van der Waals surface area contributed by atoms with E-state index < -0.39 is 0 Å². The molecule has 0 amide bonds. The Morgan fingerprint density at radius 1 is 0.812 bits per heavy atom. The lowest BCUT2D eigenvalue weighted by atomic mass is 9.84. The molecule has 0 spiro atoms. The fourth-order valence-electron chi connectivity index (χ4n) is 7.00. The van der Waals surface area contributed by atoms with Crippen LogP contribution in [0.15, 0.2) is 24.3 Å². The van der Waals surface area contributed by atoms with Crippen molar-refractivity contribution in [1.29, 1.82) is 0 Å². The summed E-state index contributed by atoms with van der Waals surface area (Å²) in [4.78, 5) is 2.75. The van der Waals surface area contributed by atoms with Gasteiger partial charge in [-0.1, -0.05) is 63.6 Å². The van der Waals surface area contributed by atoms with Crippen molar-refractivity contribution < 1.29 is 5.11 Å². The number of aliphatic hydroxyl groups is 1. The maximum absolute atomic E-state index is 11.5. The fraction of sp³-hybridized carbons (Fsp3) is 0.667. The summed E-state index contributed by atoms with van der Waals surface area (Å²) in [6, 6.07) is 10.8. The molecule has 0 bridgehead atoms. The van der Waals surface area contributed by atoms with E-state index in [0.717, 1.165) is 18.5 Å². The van der Waals surface area contributed by atoms with Gasteiger partial charge in [-0.3, -0.25) is 4.90 Å². The van der Waals surface area contributed by atoms with Crippen molar-refractivity contribution in [2.24, 2.45) is 0 Å². The second-order valence-electron chi connectivity index (χ2n) is 10.8. The first kappa shape index (κ1) is 22.4. The monoisotopic (exact) mass is 433 g/mol. The summed E-state index contributed by atoms with van der Waals surface area (Å²) in [6.07, 6.45) is 19.3. The summed E-state index contributed by atoms with van der Waals surface area (Å²) < 4.78 is 0. The largest absolute Gasteiger partial charge is 0.387 e. The lowest BCUT2D eigenvalue weighted by Crippen LogP contribution is -2.47. The summed E-state index contributed by atoms with van der Waals surface area (Å²) in [5, 5.41) is 14.3. The number of hydrogen-bond acceptors (Lipinski definition) is 2. The Morgan fingerprint density at radius 3 is 2.12 bits per heavy atom. The third-order valence-corrected chi connectivity index (χ3v) is 8.81. The molecule has 0 aliphatic heterocycles. The third-order valence-electron chi connectivity index (χ3n) is 8.81. The summed E-state index contributed by atoms with van der Waals surface area (Å²) in [6.45, 7) is 3.09. The minimum Gasteiger partial charge on any atom is -0.387 e. The Balaban J connectivity index is 1.42. The smallest absolute Gasteiger partial charge is 0.0917 e. The van der Waals surface area contributed by atoms with Gasteiger partial charge in [-0.15, -0.1) is 0 Å². The molecule has 0 radical (unpaired) electrons. The number of aryl methyl sites for hydroxylation is 3. The Kier molecular flexibility index (Phi) is 7.19. The second kappa shape index (κ2) is 10.3. The van der Waals surface area contributed by atoms with Gasteiger partial charge in [0.25, 0.3) is 0 Å². The molecule has 0 aromatic heterocycles. The predicted molar refractivity (Wildman–Crippen MR) is 135 cm³/mol. The first-order chi connectivity index (χ1) is 15.7. The maximum atomic E-state index is 11.5. The zero-order chi connectivity index (χ0) is 21.9. The van der Waals surface area contributed by atoms with E-state index >= 15 is 0 Å². The first-order valence-corrected chi connectivity index (χ1v) is 13.8. The number of benzene rings is 2. The van der Waals surface area contributed by atoms with Crippen molar-refractivity contribution in [2.75, 3.05) is 6.54 Å². The zero-order valence-corrected chi connectivity index (χ0v) is 20.2. The quantitative estimate of drug-likeness (QED) is 0.517. The second-order valence-corrected chi connectivity index (χ2v) is 10.8. The Hall–Kier alpha value is -1.38. The number of aliphatic hydroxyl groups excluding tert-OH is 1. The van der Waals surface area contributed by atoms with Crippen LogP contribution in [0.3, 0.4) is 0 Å². The standard InChI is InChI=1S/C30H43NO/c1-2-22-19-23-11-9-10-16-27(23)28-18-17-24(20-29(22)28)30(32)21-31(25-12-5-3-6-13-25)26-14-7-4-8-15-26/h17-20,25-26,30,32H,2-16,21H2,1H3. The van der Waals surface area contributed by atoms with Crippen LogP contribution in [-0.4, -0.2) is 28.6 Å². The highest BCUT2D eigenvalue weighted by molar-refractivity contribution is 5.90. The molecule has 1 unspecified atom stereocenters. The molecule has 5 rings (SSSR count). The van der Waals surface area contributed by atoms with E-state index in [1.165, 1.54) is 106 Å². The van der Waals surface area contributed by atoms with Gasteiger partial charge in [0.1, 0.15) is 0 Å². The number of nitrogens with zero attached hydrogens (tertiary/aromatic N) is 1. The molecule has 2 nitrogen and oxygen atoms in total. The van der Waals surface area contributed by atoms with Crippen LogP contribution in [0.1, 0.15) is 112 Å². The van der Waals surface area contributed by atoms with E-state index in [-0.39, 0.29) is 6.10 Å². The van der Waals surface area contributed by atoms with Gasteiger partial charge in [-0.05, 0) is 96.9 Å². The number of hydrogen-bond donors (Lipinski definition) is 1. The van der Waals surface area contributed by atoms with Crippen LogP contribution >= 0.6 is 0 Å². The summed E-state index contributed by atoms with van der Waals surface area (Å²) in [5.74, 6) is 0. The molecular formula is C30H43NO. The SMILES string of the molecule is CCc1cc2c(c3ccc(C(O)CN(C4CCCCC4)C4CCCCC4)cc13)CCCC2. The summed E-state index contributed by atoms with van der Waals surface area (Å²) >= 11 is 0. The number of fused-ring (bicyclic) bond motifs is 3. The molecule has 3 aliphatic rings. The molecule has 2 aromatic carbocycles. The van der Waals surface area contributed by atoms with Crippen LogP contribution in [-0.2, 0) is 19.3 Å². The van der Waals surface area contributed by atoms with E-state index in [2.05, 4.69) is 36.1 Å². The van der Waals surface area contributed by atoms with Crippen LogP contribution in [0.2, 0.25) is 0 Å². The molecule has 32 heavy (non-hydrogen) atoms. The van der Waals surface area contributed by atoms with Crippen LogP contribution in [0.5, 0.6) is 0 Å². The van der Waals surface area contributed by atoms with E-state index in [4.69, 9.17) is 0 Å². The van der Waals surface area contributed by atoms with Crippen molar-refractivity contribution >= 4 is 10.8 Å². The number of rotatable bonds is 6. The van der Waals surface area contributed by atoms with E-state index in [1.807, 2.05) is 0 Å². The Morgan fingerprint density at radius 2 is 1.47 bits per heavy atom. The first-order valence-electron chi connectivity index (χ1n) is 13.8. The van der Waals surface area contributed by atoms with Crippen LogP contribution in [0, 0.1) is 0 Å². The molecule has 174 valence electrons. The van der Waals surface area contributed by atoms with Gasteiger partial charge < -0.3 is 5.11 Å². The lowest BCUT2D eigenvalue weighted by Gasteiger charge is -2.42. The van der Waals surface area contributed by atoms with Crippen LogP contribution in [0.25, 0.3) is 10.8 Å². The van der Waals surface area contributed by atoms with Gasteiger partial charge >= 0.3 is 0 Å². The molecule has 0 heterocycles. The van der Waals surface area contributed by atoms with Crippen molar-refractivity contribution in [3.63, 3.8) is 0 Å². The Bertz CT molecular complexity index is 889. The third kappa shape index (κ3) is 4.64. The van der Waals surface area contributed by atoms with Gasteiger partial charge in [0.05, 0.1) is 6.10 Å². The average molecular weight is 434 g/mol.